The molecule has 3 aromatic rings. The van der Waals surface area contributed by atoms with Gasteiger partial charge in [-0.25, -0.2) is 0 Å². The van der Waals surface area contributed by atoms with E-state index < -0.39 is 0 Å². The van der Waals surface area contributed by atoms with Gasteiger partial charge in [0, 0.05) is 41.6 Å². The molecule has 0 spiro atoms. The lowest BCUT2D eigenvalue weighted by Gasteiger charge is -2.24. The molecule has 1 aliphatic heterocycles. The molecule has 1 fully saturated rings. The van der Waals surface area contributed by atoms with Crippen LogP contribution in [-0.4, -0.2) is 26.5 Å². The lowest BCUT2D eigenvalue weighted by atomic mass is 10.1. The molecule has 1 saturated heterocycles. The van der Waals surface area contributed by atoms with Crippen LogP contribution in [0.2, 0.25) is 5.02 Å². The zero-order valence-corrected chi connectivity index (χ0v) is 16.6. The van der Waals surface area contributed by atoms with Crippen LogP contribution in [0.5, 0.6) is 0 Å². The van der Waals surface area contributed by atoms with E-state index in [4.69, 9.17) is 11.6 Å². The van der Waals surface area contributed by atoms with Gasteiger partial charge in [0.15, 0.2) is 0 Å². The van der Waals surface area contributed by atoms with Gasteiger partial charge in [-0.15, -0.1) is 0 Å². The Kier molecular flexibility index (Phi) is 5.10. The fraction of sp³-hybridized carbons (Fsp3) is 0.250. The number of aromatic nitrogens is 1. The van der Waals surface area contributed by atoms with Crippen LogP contribution in [-0.2, 0) is 6.54 Å². The molecule has 25 heavy (non-hydrogen) atoms. The second-order valence-corrected chi connectivity index (χ2v) is 8.16. The monoisotopic (exact) mass is 463 g/mol. The third-order valence-corrected chi connectivity index (χ3v) is 6.61. The van der Waals surface area contributed by atoms with Crippen LogP contribution in [0.15, 0.2) is 60.9 Å². The molecule has 2 unspecified atom stereocenters. The normalized spacial score (nSPS) is 20.9. The Balaban J connectivity index is 1.43. The van der Waals surface area contributed by atoms with E-state index in [0.29, 0.717) is 10.1 Å². The second-order valence-electron chi connectivity index (χ2n) is 6.45. The summed E-state index contributed by atoms with van der Waals surface area (Å²) in [7, 11) is 0. The van der Waals surface area contributed by atoms with Crippen molar-refractivity contribution in [3.05, 3.63) is 71.5 Å². The topological polar surface area (TPSA) is 28.2 Å². The highest BCUT2D eigenvalue weighted by Gasteiger charge is 2.31. The average molecular weight is 464 g/mol. The maximum absolute atomic E-state index is 5.98. The minimum absolute atomic E-state index is 0.451. The second kappa shape index (κ2) is 7.48. The summed E-state index contributed by atoms with van der Waals surface area (Å²) in [6.07, 6.45) is 4.90. The standard InChI is InChI=1S/C20H19ClIN3/c21-17-4-1-14(2-5-17)13-25-10-8-19(20(25)22)24-18-6-3-16-12-23-9-7-15(16)11-18/h1-7,9,11-12,19-20,24H,8,10,13H2. The maximum atomic E-state index is 5.98. The molecule has 1 N–H and O–H groups in total. The summed E-state index contributed by atoms with van der Waals surface area (Å²) in [5.74, 6) is 0. The summed E-state index contributed by atoms with van der Waals surface area (Å²) >= 11 is 8.54. The molecule has 4 rings (SSSR count). The van der Waals surface area contributed by atoms with E-state index >= 15 is 0 Å². The van der Waals surface area contributed by atoms with Gasteiger partial charge in [0.2, 0.25) is 0 Å². The largest absolute Gasteiger partial charge is 0.380 e. The number of halogens is 2. The molecule has 128 valence electrons. The van der Waals surface area contributed by atoms with Crippen molar-refractivity contribution >= 4 is 50.7 Å². The molecule has 2 aromatic carbocycles. The lowest BCUT2D eigenvalue weighted by molar-refractivity contribution is 0.316. The molecule has 0 radical (unpaired) electrons. The van der Waals surface area contributed by atoms with Gasteiger partial charge in [0.25, 0.3) is 0 Å². The van der Waals surface area contributed by atoms with E-state index in [2.05, 4.69) is 74.2 Å². The number of anilines is 1. The van der Waals surface area contributed by atoms with Gasteiger partial charge in [-0.1, -0.05) is 52.4 Å². The van der Waals surface area contributed by atoms with Crippen LogP contribution in [0.4, 0.5) is 5.69 Å². The smallest absolute Gasteiger partial charge is 0.0826 e. The molecule has 0 bridgehead atoms. The van der Waals surface area contributed by atoms with E-state index in [1.165, 1.54) is 22.0 Å². The van der Waals surface area contributed by atoms with Crippen LogP contribution >= 0.6 is 34.2 Å². The summed E-state index contributed by atoms with van der Waals surface area (Å²) in [4.78, 5) is 6.70. The summed E-state index contributed by atoms with van der Waals surface area (Å²) in [5, 5.41) is 6.91. The maximum Gasteiger partial charge on any atom is 0.0826 e. The molecule has 2 heterocycles. The van der Waals surface area contributed by atoms with Crippen LogP contribution < -0.4 is 5.32 Å². The molecule has 0 saturated carbocycles. The van der Waals surface area contributed by atoms with Gasteiger partial charge < -0.3 is 5.32 Å². The first-order chi connectivity index (χ1) is 12.2. The number of nitrogens with one attached hydrogen (secondary N) is 1. The van der Waals surface area contributed by atoms with E-state index in [0.717, 1.165) is 24.5 Å². The average Bonchev–Trinajstić information content (AvgIpc) is 2.97. The molecule has 1 aromatic heterocycles. The third-order valence-electron chi connectivity index (χ3n) is 4.70. The number of nitrogens with zero attached hydrogens (tertiary/aromatic N) is 2. The highest BCUT2D eigenvalue weighted by molar-refractivity contribution is 14.1. The fourth-order valence-corrected chi connectivity index (χ4v) is 4.48. The van der Waals surface area contributed by atoms with Crippen LogP contribution in [0.25, 0.3) is 10.8 Å². The number of fused-ring (bicyclic) bond motifs is 1. The molecule has 5 heteroatoms. The highest BCUT2D eigenvalue weighted by Crippen LogP contribution is 2.29. The van der Waals surface area contributed by atoms with Gasteiger partial charge in [-0.3, -0.25) is 9.88 Å². The Morgan fingerprint density at radius 3 is 2.80 bits per heavy atom. The van der Waals surface area contributed by atoms with Gasteiger partial charge in [-0.2, -0.15) is 0 Å². The van der Waals surface area contributed by atoms with Crippen LogP contribution in [0, 0.1) is 0 Å². The SMILES string of the molecule is Clc1ccc(CN2CCC(Nc3ccc4cnccc4c3)C2I)cc1. The Morgan fingerprint density at radius 2 is 1.96 bits per heavy atom. The van der Waals surface area contributed by atoms with Gasteiger partial charge in [0.1, 0.15) is 0 Å². The number of pyridine rings is 1. The van der Waals surface area contributed by atoms with Crippen molar-refractivity contribution in [2.75, 3.05) is 11.9 Å². The van der Waals surface area contributed by atoms with Gasteiger partial charge in [-0.05, 0) is 47.7 Å². The minimum Gasteiger partial charge on any atom is -0.380 e. The van der Waals surface area contributed by atoms with Crippen molar-refractivity contribution < 1.29 is 0 Å². The van der Waals surface area contributed by atoms with Gasteiger partial charge >= 0.3 is 0 Å². The number of likely N-dealkylation sites (tertiary alicyclic amines) is 1. The first-order valence-corrected chi connectivity index (χ1v) is 10.0. The van der Waals surface area contributed by atoms with Crippen molar-refractivity contribution in [2.45, 2.75) is 23.1 Å². The number of hydrogen-bond acceptors (Lipinski definition) is 3. The van der Waals surface area contributed by atoms with E-state index in [1.54, 1.807) is 0 Å². The summed E-state index contributed by atoms with van der Waals surface area (Å²) in [5.41, 5.74) is 2.49. The minimum atomic E-state index is 0.451. The molecule has 0 amide bonds. The van der Waals surface area contributed by atoms with Crippen LogP contribution in [0.3, 0.4) is 0 Å². The Hall–Kier alpha value is -1.37. The predicted octanol–water partition coefficient (Wildman–Crippen LogP) is 5.34. The molecule has 2 atom stereocenters. The Bertz CT molecular complexity index is 868. The summed E-state index contributed by atoms with van der Waals surface area (Å²) in [6.45, 7) is 2.07. The first-order valence-electron chi connectivity index (χ1n) is 8.42. The van der Waals surface area contributed by atoms with E-state index in [1.807, 2.05) is 24.5 Å². The van der Waals surface area contributed by atoms with Crippen LogP contribution in [0.1, 0.15) is 12.0 Å². The number of rotatable bonds is 4. The molecule has 1 aliphatic rings. The lowest BCUT2D eigenvalue weighted by Crippen LogP contribution is -2.33. The summed E-state index contributed by atoms with van der Waals surface area (Å²) in [6, 6.07) is 17.2. The van der Waals surface area contributed by atoms with Crippen molar-refractivity contribution in [2.24, 2.45) is 0 Å². The predicted molar refractivity (Wildman–Crippen MR) is 113 cm³/mol. The van der Waals surface area contributed by atoms with Gasteiger partial charge in [0.05, 0.1) is 10.1 Å². The molecular formula is C20H19ClIN3. The zero-order chi connectivity index (χ0) is 17.2. The third kappa shape index (κ3) is 3.91. The number of hydrogen-bond donors (Lipinski definition) is 1. The van der Waals surface area contributed by atoms with Crippen molar-refractivity contribution in [3.8, 4) is 0 Å². The van der Waals surface area contributed by atoms with E-state index in [9.17, 15) is 0 Å². The Labute approximate surface area is 166 Å². The number of benzene rings is 2. The fourth-order valence-electron chi connectivity index (χ4n) is 3.34. The molecular weight excluding hydrogens is 445 g/mol. The van der Waals surface area contributed by atoms with Crippen molar-refractivity contribution in [1.82, 2.24) is 9.88 Å². The summed E-state index contributed by atoms with van der Waals surface area (Å²) < 4.78 is 0.460. The quantitative estimate of drug-likeness (QED) is 0.322. The van der Waals surface area contributed by atoms with Crippen molar-refractivity contribution in [3.63, 3.8) is 0 Å². The molecule has 3 nitrogen and oxygen atoms in total. The van der Waals surface area contributed by atoms with Crippen molar-refractivity contribution in [1.29, 1.82) is 0 Å². The highest BCUT2D eigenvalue weighted by atomic mass is 127. The van der Waals surface area contributed by atoms with E-state index in [-0.39, 0.29) is 0 Å². The zero-order valence-electron chi connectivity index (χ0n) is 13.7. The first kappa shape index (κ1) is 17.1. The Morgan fingerprint density at radius 1 is 1.12 bits per heavy atom. The molecule has 0 aliphatic carbocycles. The number of alkyl halides is 1.